The molecule has 11 heteroatoms. The summed E-state index contributed by atoms with van der Waals surface area (Å²) in [5.74, 6) is -0.497. The Morgan fingerprint density at radius 3 is 2.50 bits per heavy atom. The first kappa shape index (κ1) is 18.4. The third-order valence-corrected chi connectivity index (χ3v) is 6.38. The summed E-state index contributed by atoms with van der Waals surface area (Å²) in [5.41, 5.74) is -0.431. The maximum atomic E-state index is 13.1. The lowest BCUT2D eigenvalue weighted by Gasteiger charge is -2.09. The normalized spacial score (nSPS) is 12.3. The van der Waals surface area contributed by atoms with E-state index in [-0.39, 0.29) is 20.5 Å². The number of H-pyrrole nitrogens is 1. The van der Waals surface area contributed by atoms with E-state index in [9.17, 15) is 26.0 Å². The second-order valence-corrected chi connectivity index (χ2v) is 8.34. The molecule has 0 saturated carbocycles. The predicted molar refractivity (Wildman–Crippen MR) is 88.8 cm³/mol. The number of benzene rings is 1. The maximum absolute atomic E-state index is 13.1. The van der Waals surface area contributed by atoms with Crippen LogP contribution in [0.15, 0.2) is 40.6 Å². The van der Waals surface area contributed by atoms with Crippen LogP contribution in [0.4, 0.5) is 23.2 Å². The second-order valence-electron chi connectivity index (χ2n) is 5.35. The van der Waals surface area contributed by atoms with E-state index >= 15 is 0 Å². The molecule has 3 rings (SSSR count). The zero-order valence-electron chi connectivity index (χ0n) is 13.1. The molecule has 2 heterocycles. The summed E-state index contributed by atoms with van der Waals surface area (Å²) in [5, 5.41) is 5.44. The van der Waals surface area contributed by atoms with Crippen molar-refractivity contribution >= 4 is 27.0 Å². The van der Waals surface area contributed by atoms with E-state index in [0.717, 1.165) is 23.5 Å². The van der Waals surface area contributed by atoms with Gasteiger partial charge in [0.15, 0.2) is 0 Å². The molecule has 0 amide bonds. The quantitative estimate of drug-likeness (QED) is 0.632. The molecule has 2 aromatic heterocycles. The smallest absolute Gasteiger partial charge is 0.279 e. The molecule has 1 aromatic carbocycles. The summed E-state index contributed by atoms with van der Waals surface area (Å²) in [6.45, 7) is 1.54. The third-order valence-electron chi connectivity index (χ3n) is 3.41. The minimum atomic E-state index is -4.57. The third kappa shape index (κ3) is 3.73. The number of hydrogen-bond donors (Lipinski definition) is 2. The Kier molecular flexibility index (Phi) is 4.53. The van der Waals surface area contributed by atoms with Crippen molar-refractivity contribution in [2.75, 3.05) is 4.72 Å². The largest absolute Gasteiger partial charge is 0.432 e. The van der Waals surface area contributed by atoms with Crippen molar-refractivity contribution in [3.8, 4) is 10.6 Å². The lowest BCUT2D eigenvalue weighted by atomic mass is 10.2. The van der Waals surface area contributed by atoms with Crippen molar-refractivity contribution in [2.24, 2.45) is 0 Å². The number of anilines is 1. The summed E-state index contributed by atoms with van der Waals surface area (Å²) in [7, 11) is -3.97. The van der Waals surface area contributed by atoms with E-state index in [4.69, 9.17) is 0 Å². The number of sulfonamides is 1. The molecule has 2 N–H and O–H groups in total. The van der Waals surface area contributed by atoms with Crippen molar-refractivity contribution < 1.29 is 26.0 Å². The van der Waals surface area contributed by atoms with Crippen LogP contribution in [0, 0.1) is 12.7 Å². The fourth-order valence-electron chi connectivity index (χ4n) is 2.13. The molecule has 0 unspecified atom stereocenters. The fourth-order valence-corrected chi connectivity index (χ4v) is 4.53. The molecular formula is C15H11F4N3O2S2. The molecule has 0 aliphatic rings. The lowest BCUT2D eigenvalue weighted by Crippen LogP contribution is -2.12. The summed E-state index contributed by atoms with van der Waals surface area (Å²) < 4.78 is 78.1. The number of thiophene rings is 1. The zero-order chi connectivity index (χ0) is 19.1. The van der Waals surface area contributed by atoms with Crippen LogP contribution in [0.1, 0.15) is 11.3 Å². The monoisotopic (exact) mass is 405 g/mol. The van der Waals surface area contributed by atoms with Crippen molar-refractivity contribution in [1.82, 2.24) is 10.2 Å². The van der Waals surface area contributed by atoms with Gasteiger partial charge in [0.2, 0.25) is 0 Å². The van der Waals surface area contributed by atoms with Crippen LogP contribution in [0.25, 0.3) is 10.6 Å². The number of aromatic nitrogens is 2. The number of alkyl halides is 3. The number of halogens is 4. The van der Waals surface area contributed by atoms with Crippen LogP contribution >= 0.6 is 11.3 Å². The van der Waals surface area contributed by atoms with Gasteiger partial charge in [0.1, 0.15) is 21.4 Å². The van der Waals surface area contributed by atoms with Crippen LogP contribution in [0.2, 0.25) is 0 Å². The molecule has 0 aliphatic heterocycles. The molecule has 0 saturated heterocycles. The molecule has 0 fully saturated rings. The minimum Gasteiger partial charge on any atom is -0.279 e. The Bertz CT molecular complexity index is 1060. The van der Waals surface area contributed by atoms with E-state index in [1.54, 1.807) is 6.92 Å². The van der Waals surface area contributed by atoms with Gasteiger partial charge in [-0.25, -0.2) is 12.8 Å². The summed E-state index contributed by atoms with van der Waals surface area (Å²) in [4.78, 5) is 0.257. The molecule has 138 valence electrons. The highest BCUT2D eigenvalue weighted by atomic mass is 32.2. The van der Waals surface area contributed by atoms with Gasteiger partial charge in [0.25, 0.3) is 10.0 Å². The first-order valence-corrected chi connectivity index (χ1v) is 9.38. The summed E-state index contributed by atoms with van der Waals surface area (Å²) in [6, 6.07) is 7.03. The standard InChI is InChI=1S/C15H11F4N3O2S2/c1-8-6-9(16)2-3-10(8)22-26(23,24)14-5-4-12(25-14)11-7-13(21-20-11)15(17,18)19/h2-7,22H,1H3,(H,20,21). The van der Waals surface area contributed by atoms with Gasteiger partial charge in [-0.15, -0.1) is 11.3 Å². The van der Waals surface area contributed by atoms with Gasteiger partial charge in [-0.05, 0) is 48.9 Å². The molecule has 3 aromatic rings. The van der Waals surface area contributed by atoms with Gasteiger partial charge < -0.3 is 0 Å². The molecule has 0 spiro atoms. The molecule has 0 radical (unpaired) electrons. The fraction of sp³-hybridized carbons (Fsp3) is 0.133. The van der Waals surface area contributed by atoms with Crippen LogP contribution < -0.4 is 4.72 Å². The summed E-state index contributed by atoms with van der Waals surface area (Å²) >= 11 is 0.771. The molecule has 26 heavy (non-hydrogen) atoms. The van der Waals surface area contributed by atoms with Crippen molar-refractivity contribution in [3.05, 3.63) is 53.5 Å². The average molecular weight is 405 g/mol. The Morgan fingerprint density at radius 2 is 1.88 bits per heavy atom. The van der Waals surface area contributed by atoms with Crippen LogP contribution in [-0.4, -0.2) is 18.6 Å². The highest BCUT2D eigenvalue weighted by molar-refractivity contribution is 7.94. The van der Waals surface area contributed by atoms with Crippen molar-refractivity contribution in [1.29, 1.82) is 0 Å². The van der Waals surface area contributed by atoms with Crippen LogP contribution in [0.3, 0.4) is 0 Å². The Balaban J connectivity index is 1.87. The SMILES string of the molecule is Cc1cc(F)ccc1NS(=O)(=O)c1ccc(-c2cc(C(F)(F)F)[nH]n2)s1. The molecular weight excluding hydrogens is 394 g/mol. The first-order chi connectivity index (χ1) is 12.1. The van der Waals surface area contributed by atoms with Gasteiger partial charge >= 0.3 is 6.18 Å². The lowest BCUT2D eigenvalue weighted by molar-refractivity contribution is -0.141. The number of aryl methyl sites for hydroxylation is 1. The van der Waals surface area contributed by atoms with Crippen molar-refractivity contribution in [2.45, 2.75) is 17.3 Å². The highest BCUT2D eigenvalue weighted by Crippen LogP contribution is 2.34. The number of rotatable bonds is 4. The second kappa shape index (κ2) is 6.40. The molecule has 0 atom stereocenters. The van der Waals surface area contributed by atoms with E-state index in [1.165, 1.54) is 24.3 Å². The van der Waals surface area contributed by atoms with Gasteiger partial charge in [0, 0.05) is 0 Å². The van der Waals surface area contributed by atoms with Crippen LogP contribution in [-0.2, 0) is 16.2 Å². The first-order valence-electron chi connectivity index (χ1n) is 7.08. The number of aromatic amines is 1. The number of hydrogen-bond acceptors (Lipinski definition) is 4. The van der Waals surface area contributed by atoms with Crippen LogP contribution in [0.5, 0.6) is 0 Å². The average Bonchev–Trinajstić information content (AvgIpc) is 3.17. The highest BCUT2D eigenvalue weighted by Gasteiger charge is 2.33. The van der Waals surface area contributed by atoms with E-state index < -0.39 is 27.7 Å². The summed E-state index contributed by atoms with van der Waals surface area (Å²) in [6.07, 6.45) is -4.57. The van der Waals surface area contributed by atoms with Crippen molar-refractivity contribution in [3.63, 3.8) is 0 Å². The topological polar surface area (TPSA) is 74.8 Å². The maximum Gasteiger partial charge on any atom is 0.432 e. The Labute approximate surface area is 149 Å². The predicted octanol–water partition coefficient (Wildman–Crippen LogP) is 4.41. The number of nitrogens with zero attached hydrogens (tertiary/aromatic N) is 1. The van der Waals surface area contributed by atoms with Gasteiger partial charge in [-0.1, -0.05) is 0 Å². The van der Waals surface area contributed by atoms with Gasteiger partial charge in [-0.3, -0.25) is 9.82 Å². The van der Waals surface area contributed by atoms with Gasteiger partial charge in [0.05, 0.1) is 10.6 Å². The molecule has 0 bridgehead atoms. The molecule has 0 aliphatic carbocycles. The Morgan fingerprint density at radius 1 is 1.15 bits per heavy atom. The van der Waals surface area contributed by atoms with E-state index in [0.29, 0.717) is 5.56 Å². The molecule has 5 nitrogen and oxygen atoms in total. The zero-order valence-corrected chi connectivity index (χ0v) is 14.7. The Hall–Kier alpha value is -2.40. The van der Waals surface area contributed by atoms with Gasteiger partial charge in [-0.2, -0.15) is 18.3 Å². The minimum absolute atomic E-state index is 0.0123. The van der Waals surface area contributed by atoms with E-state index in [2.05, 4.69) is 9.82 Å². The number of nitrogens with one attached hydrogen (secondary N) is 2. The van der Waals surface area contributed by atoms with E-state index in [1.807, 2.05) is 5.10 Å².